The van der Waals surface area contributed by atoms with Crippen molar-refractivity contribution in [2.24, 2.45) is 0 Å². The first-order valence-electron chi connectivity index (χ1n) is 9.38. The van der Waals surface area contributed by atoms with E-state index < -0.39 is 4.92 Å². The van der Waals surface area contributed by atoms with Gasteiger partial charge in [0.25, 0.3) is 5.69 Å². The van der Waals surface area contributed by atoms with Gasteiger partial charge in [0.1, 0.15) is 5.15 Å². The van der Waals surface area contributed by atoms with E-state index in [4.69, 9.17) is 34.8 Å². The predicted octanol–water partition coefficient (Wildman–Crippen LogP) is 7.94. The third-order valence-corrected chi connectivity index (χ3v) is 5.74. The lowest BCUT2D eigenvalue weighted by atomic mass is 10.0. The van der Waals surface area contributed by atoms with Gasteiger partial charge in [-0.2, -0.15) is 0 Å². The second kappa shape index (κ2) is 8.71. The molecule has 5 nitrogen and oxygen atoms in total. The summed E-state index contributed by atoms with van der Waals surface area (Å²) in [5, 5.41) is 16.7. The Hall–Kier alpha value is -2.86. The van der Waals surface area contributed by atoms with Crippen molar-refractivity contribution in [3.63, 3.8) is 0 Å². The predicted molar refractivity (Wildman–Crippen MR) is 127 cm³/mol. The van der Waals surface area contributed by atoms with Crippen LogP contribution in [0.5, 0.6) is 0 Å². The van der Waals surface area contributed by atoms with Crippen molar-refractivity contribution in [1.82, 2.24) is 4.98 Å². The Labute approximate surface area is 193 Å². The number of nitro groups is 1. The number of non-ortho nitro benzene ring substituents is 1. The Bertz CT molecular complexity index is 1290. The van der Waals surface area contributed by atoms with Gasteiger partial charge in [-0.1, -0.05) is 59.1 Å². The summed E-state index contributed by atoms with van der Waals surface area (Å²) in [6.45, 7) is 1.97. The number of anilines is 1. The third kappa shape index (κ3) is 4.59. The first-order valence-corrected chi connectivity index (χ1v) is 10.5. The molecule has 4 aromatic rings. The van der Waals surface area contributed by atoms with Crippen molar-refractivity contribution < 1.29 is 4.92 Å². The molecule has 4 rings (SSSR count). The van der Waals surface area contributed by atoms with E-state index in [1.165, 1.54) is 12.1 Å². The Morgan fingerprint density at radius 1 is 0.968 bits per heavy atom. The molecule has 0 spiro atoms. The maximum atomic E-state index is 10.9. The summed E-state index contributed by atoms with van der Waals surface area (Å²) in [6, 6.07) is 19.3. The van der Waals surface area contributed by atoms with E-state index in [1.807, 2.05) is 31.2 Å². The molecule has 0 radical (unpaired) electrons. The van der Waals surface area contributed by atoms with Crippen LogP contribution in [0.25, 0.3) is 22.0 Å². The molecule has 3 aromatic carbocycles. The number of halogens is 3. The second-order valence-electron chi connectivity index (χ2n) is 7.06. The van der Waals surface area contributed by atoms with Crippen molar-refractivity contribution in [2.45, 2.75) is 13.0 Å². The van der Waals surface area contributed by atoms with Gasteiger partial charge in [-0.05, 0) is 48.4 Å². The number of pyridine rings is 1. The molecule has 0 saturated carbocycles. The van der Waals surface area contributed by atoms with Gasteiger partial charge >= 0.3 is 0 Å². The van der Waals surface area contributed by atoms with Gasteiger partial charge in [0.2, 0.25) is 0 Å². The molecule has 0 aliphatic carbocycles. The van der Waals surface area contributed by atoms with E-state index in [9.17, 15) is 10.1 Å². The van der Waals surface area contributed by atoms with Crippen LogP contribution in [0.4, 0.5) is 11.4 Å². The SMILES string of the molecule is CC(Nc1cc(Cl)nc2ccc(-c3ccc(Cl)cc3Cl)cc12)c1ccc([N+](=O)[O-])cc1. The Kier molecular flexibility index (Phi) is 6.01. The lowest BCUT2D eigenvalue weighted by molar-refractivity contribution is -0.384. The molecule has 0 aliphatic heterocycles. The van der Waals surface area contributed by atoms with Crippen LogP contribution in [0.2, 0.25) is 15.2 Å². The number of nitrogens with one attached hydrogen (secondary N) is 1. The normalized spacial score (nSPS) is 12.0. The Morgan fingerprint density at radius 2 is 1.71 bits per heavy atom. The van der Waals surface area contributed by atoms with Crippen molar-refractivity contribution in [3.8, 4) is 11.1 Å². The number of nitro benzene ring substituents is 1. The zero-order valence-electron chi connectivity index (χ0n) is 16.3. The lowest BCUT2D eigenvalue weighted by Crippen LogP contribution is -2.07. The number of fused-ring (bicyclic) bond motifs is 1. The van der Waals surface area contributed by atoms with Gasteiger partial charge in [0.15, 0.2) is 0 Å². The van der Waals surface area contributed by atoms with Crippen LogP contribution in [-0.2, 0) is 0 Å². The minimum atomic E-state index is -0.415. The largest absolute Gasteiger partial charge is 0.378 e. The number of benzene rings is 3. The maximum absolute atomic E-state index is 10.9. The number of rotatable bonds is 5. The lowest BCUT2D eigenvalue weighted by Gasteiger charge is -2.18. The molecule has 1 atom stereocenters. The van der Waals surface area contributed by atoms with E-state index in [0.717, 1.165) is 33.3 Å². The molecule has 31 heavy (non-hydrogen) atoms. The van der Waals surface area contributed by atoms with Gasteiger partial charge in [0, 0.05) is 44.9 Å². The number of hydrogen-bond acceptors (Lipinski definition) is 4. The van der Waals surface area contributed by atoms with Crippen molar-refractivity contribution in [1.29, 1.82) is 0 Å². The number of nitrogens with zero attached hydrogens (tertiary/aromatic N) is 2. The van der Waals surface area contributed by atoms with Crippen LogP contribution >= 0.6 is 34.8 Å². The number of aromatic nitrogens is 1. The van der Waals surface area contributed by atoms with E-state index in [0.29, 0.717) is 15.2 Å². The van der Waals surface area contributed by atoms with Gasteiger partial charge < -0.3 is 5.32 Å². The van der Waals surface area contributed by atoms with Crippen LogP contribution in [0.15, 0.2) is 66.7 Å². The molecule has 1 aromatic heterocycles. The molecule has 8 heteroatoms. The average molecular weight is 473 g/mol. The maximum Gasteiger partial charge on any atom is 0.269 e. The quantitative estimate of drug-likeness (QED) is 0.182. The summed E-state index contributed by atoms with van der Waals surface area (Å²) in [5.41, 5.74) is 4.27. The van der Waals surface area contributed by atoms with Crippen LogP contribution in [0.1, 0.15) is 18.5 Å². The Morgan fingerprint density at radius 3 is 2.39 bits per heavy atom. The van der Waals surface area contributed by atoms with Crippen LogP contribution in [-0.4, -0.2) is 9.91 Å². The molecule has 0 fully saturated rings. The summed E-state index contributed by atoms with van der Waals surface area (Å²) in [5.74, 6) is 0. The fourth-order valence-corrected chi connectivity index (χ4v) is 4.12. The second-order valence-corrected chi connectivity index (χ2v) is 8.29. The highest BCUT2D eigenvalue weighted by molar-refractivity contribution is 6.36. The van der Waals surface area contributed by atoms with E-state index in [1.54, 1.807) is 30.3 Å². The van der Waals surface area contributed by atoms with Crippen molar-refractivity contribution in [2.75, 3.05) is 5.32 Å². The monoisotopic (exact) mass is 471 g/mol. The van der Waals surface area contributed by atoms with Gasteiger partial charge in [-0.3, -0.25) is 10.1 Å². The molecule has 0 saturated heterocycles. The van der Waals surface area contributed by atoms with Crippen molar-refractivity contribution in [3.05, 3.63) is 97.6 Å². The van der Waals surface area contributed by atoms with Crippen LogP contribution in [0.3, 0.4) is 0 Å². The van der Waals surface area contributed by atoms with Gasteiger partial charge in [-0.25, -0.2) is 4.98 Å². The summed E-state index contributed by atoms with van der Waals surface area (Å²) in [6.07, 6.45) is 0. The van der Waals surface area contributed by atoms with E-state index in [-0.39, 0.29) is 11.7 Å². The number of hydrogen-bond donors (Lipinski definition) is 1. The van der Waals surface area contributed by atoms with Gasteiger partial charge in [-0.15, -0.1) is 0 Å². The fourth-order valence-electron chi connectivity index (χ4n) is 3.41. The molecule has 0 aliphatic rings. The van der Waals surface area contributed by atoms with Crippen LogP contribution < -0.4 is 5.32 Å². The van der Waals surface area contributed by atoms with E-state index in [2.05, 4.69) is 10.3 Å². The topological polar surface area (TPSA) is 68.1 Å². The highest BCUT2D eigenvalue weighted by atomic mass is 35.5. The zero-order chi connectivity index (χ0) is 22.1. The molecular weight excluding hydrogens is 457 g/mol. The Balaban J connectivity index is 1.73. The summed E-state index contributed by atoms with van der Waals surface area (Å²) >= 11 is 18.7. The fraction of sp³-hybridized carbons (Fsp3) is 0.0870. The summed E-state index contributed by atoms with van der Waals surface area (Å²) in [4.78, 5) is 14.9. The molecule has 0 bridgehead atoms. The summed E-state index contributed by atoms with van der Waals surface area (Å²) in [7, 11) is 0. The molecule has 1 unspecified atom stereocenters. The van der Waals surface area contributed by atoms with Crippen molar-refractivity contribution >= 4 is 57.1 Å². The smallest absolute Gasteiger partial charge is 0.269 e. The highest BCUT2D eigenvalue weighted by Crippen LogP contribution is 2.35. The standard InChI is InChI=1S/C23H16Cl3N3O2/c1-13(14-2-6-17(7-3-14)29(30)31)27-22-12-23(26)28-21-9-4-15(10-19(21)22)18-8-5-16(24)11-20(18)25/h2-13H,1H3,(H,27,28). The summed E-state index contributed by atoms with van der Waals surface area (Å²) < 4.78 is 0. The highest BCUT2D eigenvalue weighted by Gasteiger charge is 2.13. The first-order chi connectivity index (χ1) is 14.8. The van der Waals surface area contributed by atoms with Crippen LogP contribution in [0, 0.1) is 10.1 Å². The average Bonchev–Trinajstić information content (AvgIpc) is 2.73. The molecular formula is C23H16Cl3N3O2. The molecule has 1 heterocycles. The van der Waals surface area contributed by atoms with Gasteiger partial charge in [0.05, 0.1) is 10.4 Å². The van der Waals surface area contributed by atoms with E-state index >= 15 is 0 Å². The first kappa shape index (κ1) is 21.4. The molecule has 1 N–H and O–H groups in total. The third-order valence-electron chi connectivity index (χ3n) is 5.00. The minimum absolute atomic E-state index is 0.0536. The zero-order valence-corrected chi connectivity index (χ0v) is 18.5. The molecule has 156 valence electrons. The molecule has 0 amide bonds. The minimum Gasteiger partial charge on any atom is -0.378 e.